The molecule has 0 spiro atoms. The van der Waals surface area contributed by atoms with Crippen molar-refractivity contribution >= 4 is 11.9 Å². The number of likely N-dealkylation sites (N-methyl/N-ethyl adjacent to an activating group) is 1. The molecule has 8 heteroatoms. The van der Waals surface area contributed by atoms with Gasteiger partial charge in [0.2, 0.25) is 5.91 Å². The van der Waals surface area contributed by atoms with E-state index in [0.29, 0.717) is 19.0 Å². The molecule has 1 amide bonds. The molecule has 1 atom stereocenters. The lowest BCUT2D eigenvalue weighted by Crippen LogP contribution is -2.44. The Balaban J connectivity index is 1.65. The highest BCUT2D eigenvalue weighted by atomic mass is 16.5. The Bertz CT molecular complexity index is 827. The van der Waals surface area contributed by atoms with Crippen LogP contribution in [0.4, 0.5) is 0 Å². The van der Waals surface area contributed by atoms with Gasteiger partial charge in [0.25, 0.3) is 0 Å². The topological polar surface area (TPSA) is 85.8 Å². The molecule has 30 heavy (non-hydrogen) atoms. The maximum absolute atomic E-state index is 12.0. The van der Waals surface area contributed by atoms with Crippen molar-refractivity contribution in [2.24, 2.45) is 4.99 Å². The molecule has 0 aliphatic carbocycles. The number of benzene rings is 1. The number of carbonyl (C=O) groups is 1. The first-order valence-corrected chi connectivity index (χ1v) is 10.4. The summed E-state index contributed by atoms with van der Waals surface area (Å²) in [6.45, 7) is 2.12. The first-order chi connectivity index (χ1) is 14.5. The van der Waals surface area contributed by atoms with Crippen LogP contribution in [0, 0.1) is 0 Å². The fourth-order valence-electron chi connectivity index (χ4n) is 3.28. The first kappa shape index (κ1) is 21.8. The molecule has 162 valence electrons. The molecular weight excluding hydrogens is 380 g/mol. The van der Waals surface area contributed by atoms with Crippen LogP contribution in [-0.2, 0) is 16.1 Å². The molecule has 1 fully saturated rings. The van der Waals surface area contributed by atoms with E-state index in [1.54, 1.807) is 19.0 Å². The van der Waals surface area contributed by atoms with Gasteiger partial charge in [-0.3, -0.25) is 4.79 Å². The lowest BCUT2D eigenvalue weighted by Gasteiger charge is -2.26. The van der Waals surface area contributed by atoms with Gasteiger partial charge in [0.1, 0.15) is 12.4 Å². The maximum atomic E-state index is 12.0. The molecule has 1 aliphatic rings. The fourth-order valence-corrected chi connectivity index (χ4v) is 3.28. The molecule has 8 nitrogen and oxygen atoms in total. The average molecular weight is 413 g/mol. The number of nitrogens with zero attached hydrogens (tertiary/aromatic N) is 4. The Morgan fingerprint density at radius 1 is 1.27 bits per heavy atom. The largest absolute Gasteiger partial charge is 0.376 e. The van der Waals surface area contributed by atoms with Crippen molar-refractivity contribution in [1.29, 1.82) is 0 Å². The average Bonchev–Trinajstić information content (AvgIpc) is 3.23. The molecule has 0 saturated carbocycles. The van der Waals surface area contributed by atoms with Crippen LogP contribution in [0.1, 0.15) is 25.1 Å². The fraction of sp³-hybridized carbons (Fsp3) is 0.500. The second-order valence-corrected chi connectivity index (χ2v) is 7.76. The minimum atomic E-state index is -0.0408. The predicted molar refractivity (Wildman–Crippen MR) is 118 cm³/mol. The summed E-state index contributed by atoms with van der Waals surface area (Å²) < 4.78 is 5.81. The summed E-state index contributed by atoms with van der Waals surface area (Å²) in [6, 6.07) is 10.1. The summed E-state index contributed by atoms with van der Waals surface area (Å²) in [7, 11) is 5.41. The normalized spacial score (nSPS) is 16.9. The quantitative estimate of drug-likeness (QED) is 0.537. The van der Waals surface area contributed by atoms with Gasteiger partial charge in [-0.2, -0.15) is 0 Å². The number of carbonyl (C=O) groups excluding carboxylic acids is 1. The third-order valence-corrected chi connectivity index (χ3v) is 5.09. The molecule has 1 saturated heterocycles. The van der Waals surface area contributed by atoms with E-state index < -0.39 is 0 Å². The highest BCUT2D eigenvalue weighted by Gasteiger charge is 2.17. The summed E-state index contributed by atoms with van der Waals surface area (Å²) in [5.74, 6) is 1.46. The van der Waals surface area contributed by atoms with E-state index >= 15 is 0 Å². The minimum Gasteiger partial charge on any atom is -0.376 e. The van der Waals surface area contributed by atoms with Crippen LogP contribution in [0.2, 0.25) is 0 Å². The summed E-state index contributed by atoms with van der Waals surface area (Å²) in [4.78, 5) is 28.0. The summed E-state index contributed by atoms with van der Waals surface area (Å²) >= 11 is 0. The Labute approximate surface area is 178 Å². The predicted octanol–water partition coefficient (Wildman–Crippen LogP) is 2.11. The van der Waals surface area contributed by atoms with E-state index in [9.17, 15) is 4.79 Å². The molecule has 0 bridgehead atoms. The van der Waals surface area contributed by atoms with Crippen LogP contribution in [0.25, 0.3) is 11.3 Å². The molecule has 3 rings (SSSR count). The standard InChI is InChI=1S/C22H32N6O2/c1-27(2)21(29)15-25-22(24-13-18-11-7-8-12-30-18)28(3)16-20-23-14-19(26-20)17-9-5-4-6-10-17/h4-6,9-10,14,18H,7-8,11-13,15-16H2,1-3H3,(H,23,26)(H,24,25). The van der Waals surface area contributed by atoms with Crippen molar-refractivity contribution in [3.8, 4) is 11.3 Å². The third kappa shape index (κ3) is 6.32. The van der Waals surface area contributed by atoms with Crippen LogP contribution >= 0.6 is 0 Å². The molecular formula is C22H32N6O2. The number of hydrogen-bond acceptors (Lipinski definition) is 4. The first-order valence-electron chi connectivity index (χ1n) is 10.4. The van der Waals surface area contributed by atoms with Gasteiger partial charge in [0.05, 0.1) is 24.5 Å². The molecule has 1 aromatic heterocycles. The number of aromatic nitrogens is 2. The van der Waals surface area contributed by atoms with Crippen LogP contribution in [0.15, 0.2) is 41.5 Å². The maximum Gasteiger partial charge on any atom is 0.243 e. The van der Waals surface area contributed by atoms with Crippen LogP contribution in [0.3, 0.4) is 0 Å². The van der Waals surface area contributed by atoms with Crippen molar-refractivity contribution in [2.75, 3.05) is 40.8 Å². The third-order valence-electron chi connectivity index (χ3n) is 5.09. The molecule has 2 N–H and O–H groups in total. The zero-order valence-electron chi connectivity index (χ0n) is 18.1. The van der Waals surface area contributed by atoms with Gasteiger partial charge in [0.15, 0.2) is 5.96 Å². The lowest BCUT2D eigenvalue weighted by molar-refractivity contribution is -0.127. The van der Waals surface area contributed by atoms with Gasteiger partial charge in [-0.05, 0) is 24.8 Å². The van der Waals surface area contributed by atoms with E-state index in [1.807, 2.05) is 48.5 Å². The number of hydrogen-bond donors (Lipinski definition) is 2. The van der Waals surface area contributed by atoms with Gasteiger partial charge in [-0.1, -0.05) is 30.3 Å². The minimum absolute atomic E-state index is 0.0408. The molecule has 2 heterocycles. The van der Waals surface area contributed by atoms with E-state index in [4.69, 9.17) is 4.74 Å². The number of guanidine groups is 1. The number of imidazole rings is 1. The highest BCUT2D eigenvalue weighted by molar-refractivity contribution is 5.84. The number of nitrogens with one attached hydrogen (secondary N) is 2. The number of ether oxygens (including phenoxy) is 1. The van der Waals surface area contributed by atoms with Crippen molar-refractivity contribution < 1.29 is 9.53 Å². The van der Waals surface area contributed by atoms with E-state index in [1.165, 1.54) is 6.42 Å². The van der Waals surface area contributed by atoms with Gasteiger partial charge in [-0.15, -0.1) is 0 Å². The SMILES string of the molecule is CN(C)C(=O)CN=C(NCC1CCCCO1)N(C)Cc1ncc(-c2ccccc2)[nH]1. The Kier molecular flexibility index (Phi) is 7.84. The summed E-state index contributed by atoms with van der Waals surface area (Å²) in [5, 5.41) is 3.38. The van der Waals surface area contributed by atoms with Crippen LogP contribution < -0.4 is 5.32 Å². The van der Waals surface area contributed by atoms with Gasteiger partial charge in [-0.25, -0.2) is 9.98 Å². The van der Waals surface area contributed by atoms with Crippen molar-refractivity contribution in [3.05, 3.63) is 42.4 Å². The number of H-pyrrole nitrogens is 1. The lowest BCUT2D eigenvalue weighted by atomic mass is 10.1. The second kappa shape index (κ2) is 10.8. The molecule has 1 aliphatic heterocycles. The van der Waals surface area contributed by atoms with Gasteiger partial charge >= 0.3 is 0 Å². The Morgan fingerprint density at radius 2 is 2.07 bits per heavy atom. The van der Waals surface area contributed by atoms with Gasteiger partial charge < -0.3 is 24.8 Å². The molecule has 1 aromatic carbocycles. The highest BCUT2D eigenvalue weighted by Crippen LogP contribution is 2.16. The summed E-state index contributed by atoms with van der Waals surface area (Å²) in [6.07, 6.45) is 5.36. The van der Waals surface area contributed by atoms with Crippen molar-refractivity contribution in [1.82, 2.24) is 25.1 Å². The van der Waals surface area contributed by atoms with E-state index in [2.05, 4.69) is 20.3 Å². The number of amides is 1. The number of aliphatic imine (C=N–C) groups is 1. The monoisotopic (exact) mass is 412 g/mol. The Hall–Kier alpha value is -2.87. The number of rotatable bonds is 7. The zero-order valence-corrected chi connectivity index (χ0v) is 18.1. The van der Waals surface area contributed by atoms with Crippen LogP contribution in [0.5, 0.6) is 0 Å². The summed E-state index contributed by atoms with van der Waals surface area (Å²) in [5.41, 5.74) is 2.07. The molecule has 2 aromatic rings. The van der Waals surface area contributed by atoms with Gasteiger partial charge in [0, 0.05) is 34.3 Å². The van der Waals surface area contributed by atoms with E-state index in [-0.39, 0.29) is 18.6 Å². The zero-order chi connectivity index (χ0) is 21.3. The molecule has 1 unspecified atom stereocenters. The Morgan fingerprint density at radius 3 is 2.77 bits per heavy atom. The molecule has 0 radical (unpaired) electrons. The number of aromatic amines is 1. The smallest absolute Gasteiger partial charge is 0.243 e. The van der Waals surface area contributed by atoms with Crippen molar-refractivity contribution in [2.45, 2.75) is 31.9 Å². The van der Waals surface area contributed by atoms with Crippen LogP contribution in [-0.4, -0.2) is 78.6 Å². The van der Waals surface area contributed by atoms with E-state index in [0.717, 1.165) is 36.5 Å². The second-order valence-electron chi connectivity index (χ2n) is 7.76. The van der Waals surface area contributed by atoms with Crippen molar-refractivity contribution in [3.63, 3.8) is 0 Å².